The van der Waals surface area contributed by atoms with E-state index < -0.39 is 5.97 Å². The normalized spacial score (nSPS) is 11.0. The summed E-state index contributed by atoms with van der Waals surface area (Å²) in [6.45, 7) is 2.04. The summed E-state index contributed by atoms with van der Waals surface area (Å²) in [4.78, 5) is 31.9. The smallest absolute Gasteiger partial charge is 0.337 e. The fourth-order valence-electron chi connectivity index (χ4n) is 3.70. The Bertz CT molecular complexity index is 1580. The fraction of sp³-hybridized carbons (Fsp3) is 0.115. The van der Waals surface area contributed by atoms with Gasteiger partial charge in [0.05, 0.1) is 29.3 Å². The zero-order valence-corrected chi connectivity index (χ0v) is 19.9. The summed E-state index contributed by atoms with van der Waals surface area (Å²) in [5.74, 6) is 1.06. The van der Waals surface area contributed by atoms with Gasteiger partial charge in [-0.2, -0.15) is 0 Å². The quantitative estimate of drug-likeness (QED) is 0.279. The fourth-order valence-corrected chi connectivity index (χ4v) is 4.52. The Morgan fingerprint density at radius 3 is 2.54 bits per heavy atom. The van der Waals surface area contributed by atoms with Gasteiger partial charge in [-0.05, 0) is 37.3 Å². The number of nitrogens with zero attached hydrogens (tertiary/aromatic N) is 4. The third-order valence-electron chi connectivity index (χ3n) is 5.47. The zero-order chi connectivity index (χ0) is 24.4. The largest absolute Gasteiger partial charge is 0.465 e. The summed E-state index contributed by atoms with van der Waals surface area (Å²) in [6.07, 6.45) is 0. The lowest BCUT2D eigenvalue weighted by Crippen LogP contribution is -2.12. The van der Waals surface area contributed by atoms with Gasteiger partial charge in [-0.25, -0.2) is 9.78 Å². The van der Waals surface area contributed by atoms with Crippen LogP contribution >= 0.6 is 11.8 Å². The summed E-state index contributed by atoms with van der Waals surface area (Å²) in [5.41, 5.74) is 3.53. The molecular weight excluding hydrogens is 462 g/mol. The predicted octanol–water partition coefficient (Wildman–Crippen LogP) is 4.56. The summed E-state index contributed by atoms with van der Waals surface area (Å²) in [5, 5.41) is 9.96. The van der Waals surface area contributed by atoms with E-state index in [9.17, 15) is 9.59 Å². The maximum absolute atomic E-state index is 12.6. The standard InChI is InChI=1S/C26H21N5O3S/c1-16-8-11-19(12-9-16)31-23(17-6-4-3-5-7-17)29-30-26(31)35-15-22-27-21-14-18(25(33)34-2)10-13-20(21)24(32)28-22/h3-14H,15H2,1-2H3,(H,27,28,32). The molecule has 8 nitrogen and oxygen atoms in total. The number of aryl methyl sites for hydroxylation is 1. The number of thioether (sulfide) groups is 1. The molecule has 0 unspecified atom stereocenters. The lowest BCUT2D eigenvalue weighted by Gasteiger charge is -2.11. The van der Waals surface area contributed by atoms with Gasteiger partial charge in [-0.3, -0.25) is 9.36 Å². The maximum Gasteiger partial charge on any atom is 0.337 e. The van der Waals surface area contributed by atoms with E-state index in [1.54, 1.807) is 18.2 Å². The highest BCUT2D eigenvalue weighted by Crippen LogP contribution is 2.29. The van der Waals surface area contributed by atoms with Gasteiger partial charge in [0.2, 0.25) is 0 Å². The molecule has 5 rings (SSSR count). The number of hydrogen-bond donors (Lipinski definition) is 1. The minimum Gasteiger partial charge on any atom is -0.465 e. The number of carbonyl (C=O) groups is 1. The minimum absolute atomic E-state index is 0.271. The van der Waals surface area contributed by atoms with Crippen LogP contribution in [0.25, 0.3) is 28.0 Å². The Morgan fingerprint density at radius 1 is 1.03 bits per heavy atom. The first-order chi connectivity index (χ1) is 17.0. The average Bonchev–Trinajstić information content (AvgIpc) is 3.31. The Kier molecular flexibility index (Phi) is 6.15. The molecule has 2 aromatic heterocycles. The topological polar surface area (TPSA) is 103 Å². The minimum atomic E-state index is -0.482. The molecule has 0 bridgehead atoms. The highest BCUT2D eigenvalue weighted by molar-refractivity contribution is 7.98. The van der Waals surface area contributed by atoms with Crippen molar-refractivity contribution in [3.63, 3.8) is 0 Å². The van der Waals surface area contributed by atoms with Crippen LogP contribution in [0.15, 0.2) is 82.7 Å². The second kappa shape index (κ2) is 9.55. The number of aromatic amines is 1. The van der Waals surface area contributed by atoms with Crippen LogP contribution in [-0.4, -0.2) is 37.8 Å². The van der Waals surface area contributed by atoms with Gasteiger partial charge in [0, 0.05) is 11.3 Å². The van der Waals surface area contributed by atoms with E-state index in [0.29, 0.717) is 33.2 Å². The van der Waals surface area contributed by atoms with Crippen LogP contribution in [0.4, 0.5) is 0 Å². The molecule has 174 valence electrons. The molecule has 5 aromatic rings. The lowest BCUT2D eigenvalue weighted by molar-refractivity contribution is 0.0601. The van der Waals surface area contributed by atoms with Crippen LogP contribution in [0, 0.1) is 6.92 Å². The van der Waals surface area contributed by atoms with Crippen LogP contribution < -0.4 is 5.56 Å². The molecule has 0 spiro atoms. The third kappa shape index (κ3) is 4.58. The van der Waals surface area contributed by atoms with Gasteiger partial charge in [0.25, 0.3) is 5.56 Å². The van der Waals surface area contributed by atoms with Crippen LogP contribution in [0.1, 0.15) is 21.7 Å². The first kappa shape index (κ1) is 22.5. The highest BCUT2D eigenvalue weighted by Gasteiger charge is 2.17. The Labute approximate surface area is 205 Å². The van der Waals surface area contributed by atoms with Crippen LogP contribution in [0.5, 0.6) is 0 Å². The van der Waals surface area contributed by atoms with Crippen LogP contribution in [0.2, 0.25) is 0 Å². The number of aromatic nitrogens is 5. The van der Waals surface area contributed by atoms with Gasteiger partial charge >= 0.3 is 5.97 Å². The number of fused-ring (bicyclic) bond motifs is 1. The van der Waals surface area contributed by atoms with Crippen molar-refractivity contribution in [2.75, 3.05) is 7.11 Å². The van der Waals surface area contributed by atoms with Crippen LogP contribution in [0.3, 0.4) is 0 Å². The summed E-state index contributed by atoms with van der Waals surface area (Å²) < 4.78 is 6.77. The van der Waals surface area contributed by atoms with Crippen molar-refractivity contribution in [1.29, 1.82) is 0 Å². The van der Waals surface area contributed by atoms with Crippen molar-refractivity contribution >= 4 is 28.6 Å². The van der Waals surface area contributed by atoms with Gasteiger partial charge in [0.1, 0.15) is 5.82 Å². The number of rotatable bonds is 6. The Hall–Kier alpha value is -4.24. The lowest BCUT2D eigenvalue weighted by atomic mass is 10.1. The molecule has 0 radical (unpaired) electrons. The first-order valence-corrected chi connectivity index (χ1v) is 11.8. The van der Waals surface area contributed by atoms with Crippen molar-refractivity contribution in [3.8, 4) is 17.1 Å². The molecule has 0 aliphatic carbocycles. The van der Waals surface area contributed by atoms with E-state index in [-0.39, 0.29) is 5.56 Å². The maximum atomic E-state index is 12.6. The molecular formula is C26H21N5O3S. The number of benzene rings is 3. The number of hydrogen-bond acceptors (Lipinski definition) is 7. The second-order valence-electron chi connectivity index (χ2n) is 7.87. The van der Waals surface area contributed by atoms with E-state index >= 15 is 0 Å². The zero-order valence-electron chi connectivity index (χ0n) is 19.1. The SMILES string of the molecule is COC(=O)c1ccc2c(=O)[nH]c(CSc3nnc(-c4ccccc4)n3-c3ccc(C)cc3)nc2c1. The molecule has 1 N–H and O–H groups in total. The second-order valence-corrected chi connectivity index (χ2v) is 8.81. The summed E-state index contributed by atoms with van der Waals surface area (Å²) in [6, 6.07) is 22.7. The Balaban J connectivity index is 1.51. The molecule has 0 saturated carbocycles. The predicted molar refractivity (Wildman–Crippen MR) is 135 cm³/mol. The van der Waals surface area contributed by atoms with Crippen molar-refractivity contribution in [2.24, 2.45) is 0 Å². The van der Waals surface area contributed by atoms with Gasteiger partial charge in [0.15, 0.2) is 11.0 Å². The Morgan fingerprint density at radius 2 is 1.80 bits per heavy atom. The number of methoxy groups -OCH3 is 1. The van der Waals surface area contributed by atoms with Gasteiger partial charge in [-0.1, -0.05) is 59.8 Å². The van der Waals surface area contributed by atoms with E-state index in [1.165, 1.54) is 18.9 Å². The summed E-state index contributed by atoms with van der Waals surface area (Å²) in [7, 11) is 1.31. The molecule has 2 heterocycles. The first-order valence-electron chi connectivity index (χ1n) is 10.9. The highest BCUT2D eigenvalue weighted by atomic mass is 32.2. The molecule has 0 amide bonds. The number of nitrogens with one attached hydrogen (secondary N) is 1. The van der Waals surface area contributed by atoms with Crippen molar-refractivity contribution in [2.45, 2.75) is 17.8 Å². The molecule has 0 atom stereocenters. The van der Waals surface area contributed by atoms with Gasteiger partial charge in [-0.15, -0.1) is 10.2 Å². The third-order valence-corrected chi connectivity index (χ3v) is 6.41. The van der Waals surface area contributed by atoms with Crippen molar-refractivity contribution < 1.29 is 9.53 Å². The monoisotopic (exact) mass is 483 g/mol. The van der Waals surface area contributed by atoms with E-state index in [1.807, 2.05) is 66.1 Å². The molecule has 9 heteroatoms. The van der Waals surface area contributed by atoms with Gasteiger partial charge < -0.3 is 9.72 Å². The number of carbonyl (C=O) groups excluding carboxylic acids is 1. The molecule has 0 saturated heterocycles. The van der Waals surface area contributed by atoms with E-state index in [0.717, 1.165) is 22.6 Å². The van der Waals surface area contributed by atoms with Crippen molar-refractivity contribution in [3.05, 3.63) is 100 Å². The molecule has 3 aromatic carbocycles. The molecule has 0 aliphatic rings. The van der Waals surface area contributed by atoms with E-state index in [2.05, 4.69) is 20.2 Å². The summed E-state index contributed by atoms with van der Waals surface area (Å²) >= 11 is 1.41. The van der Waals surface area contributed by atoms with E-state index in [4.69, 9.17) is 4.74 Å². The number of esters is 1. The molecule has 0 fully saturated rings. The average molecular weight is 484 g/mol. The molecule has 35 heavy (non-hydrogen) atoms. The molecule has 0 aliphatic heterocycles. The van der Waals surface area contributed by atoms with Crippen molar-refractivity contribution in [1.82, 2.24) is 24.7 Å². The number of ether oxygens (including phenoxy) is 1. The van der Waals surface area contributed by atoms with Crippen LogP contribution in [-0.2, 0) is 10.5 Å². The number of H-pyrrole nitrogens is 1.